The van der Waals surface area contributed by atoms with Crippen molar-refractivity contribution in [2.75, 3.05) is 5.32 Å². The molecular formula is C17H18FNO2. The van der Waals surface area contributed by atoms with Gasteiger partial charge < -0.3 is 10.4 Å². The lowest BCUT2D eigenvalue weighted by atomic mass is 10.0. The van der Waals surface area contributed by atoms with Crippen LogP contribution < -0.4 is 5.32 Å². The zero-order valence-electron chi connectivity index (χ0n) is 12.1. The Bertz CT molecular complexity index is 636. The second-order valence-corrected chi connectivity index (χ2v) is 5.25. The van der Waals surface area contributed by atoms with E-state index in [0.717, 1.165) is 11.6 Å². The summed E-state index contributed by atoms with van der Waals surface area (Å²) in [5, 5.41) is 12.0. The maximum Gasteiger partial charge on any atom is 0.338 e. The molecule has 0 radical (unpaired) electrons. The third kappa shape index (κ3) is 3.81. The predicted octanol–water partition coefficient (Wildman–Crippen LogP) is 4.26. The number of anilines is 1. The predicted molar refractivity (Wildman–Crippen MR) is 81.2 cm³/mol. The van der Waals surface area contributed by atoms with E-state index in [1.54, 1.807) is 0 Å². The van der Waals surface area contributed by atoms with Gasteiger partial charge in [-0.3, -0.25) is 0 Å². The number of carboxylic acids is 1. The van der Waals surface area contributed by atoms with E-state index < -0.39 is 11.8 Å². The van der Waals surface area contributed by atoms with Crippen LogP contribution >= 0.6 is 0 Å². The lowest BCUT2D eigenvalue weighted by Gasteiger charge is -2.10. The fourth-order valence-corrected chi connectivity index (χ4v) is 2.02. The Balaban J connectivity index is 2.06. The van der Waals surface area contributed by atoms with Gasteiger partial charge in [0.05, 0.1) is 5.56 Å². The van der Waals surface area contributed by atoms with Crippen molar-refractivity contribution >= 4 is 11.7 Å². The van der Waals surface area contributed by atoms with Gasteiger partial charge >= 0.3 is 5.97 Å². The molecule has 0 amide bonds. The molecule has 21 heavy (non-hydrogen) atoms. The van der Waals surface area contributed by atoms with Gasteiger partial charge in [0.2, 0.25) is 0 Å². The quantitative estimate of drug-likeness (QED) is 0.864. The molecule has 2 aromatic carbocycles. The van der Waals surface area contributed by atoms with Gasteiger partial charge in [-0.15, -0.1) is 0 Å². The summed E-state index contributed by atoms with van der Waals surface area (Å²) in [6.45, 7) is 4.83. The van der Waals surface area contributed by atoms with Crippen LogP contribution in [0.1, 0.15) is 41.3 Å². The van der Waals surface area contributed by atoms with Gasteiger partial charge in [-0.2, -0.15) is 0 Å². The lowest BCUT2D eigenvalue weighted by Crippen LogP contribution is -2.04. The minimum absolute atomic E-state index is 0.324. The monoisotopic (exact) mass is 287 g/mol. The van der Waals surface area contributed by atoms with E-state index in [0.29, 0.717) is 18.2 Å². The number of hydrogen-bond acceptors (Lipinski definition) is 2. The number of carbonyl (C=O) groups is 1. The summed E-state index contributed by atoms with van der Waals surface area (Å²) in [5.41, 5.74) is 2.62. The van der Waals surface area contributed by atoms with Crippen molar-refractivity contribution in [1.29, 1.82) is 0 Å². The van der Waals surface area contributed by atoms with Gasteiger partial charge in [-0.05, 0) is 35.2 Å². The third-order valence-corrected chi connectivity index (χ3v) is 3.34. The van der Waals surface area contributed by atoms with E-state index in [1.165, 1.54) is 17.7 Å². The minimum Gasteiger partial charge on any atom is -0.478 e. The number of nitrogens with one attached hydrogen (secondary N) is 1. The van der Waals surface area contributed by atoms with Crippen LogP contribution in [0.3, 0.4) is 0 Å². The van der Waals surface area contributed by atoms with Crippen LogP contribution in [-0.4, -0.2) is 11.1 Å². The molecule has 2 N–H and O–H groups in total. The molecule has 0 saturated carbocycles. The average molecular weight is 287 g/mol. The molecule has 0 atom stereocenters. The Morgan fingerprint density at radius 2 is 1.86 bits per heavy atom. The van der Waals surface area contributed by atoms with Crippen molar-refractivity contribution in [1.82, 2.24) is 0 Å². The van der Waals surface area contributed by atoms with E-state index in [9.17, 15) is 9.18 Å². The molecule has 2 rings (SSSR count). The standard InChI is InChI=1S/C17H18FNO2/c1-11(2)13-5-3-12(4-6-13)10-19-14-7-8-16(18)15(9-14)17(20)21/h3-9,11,19H,10H2,1-2H3,(H,20,21). The Kier molecular flexibility index (Phi) is 4.58. The van der Waals surface area contributed by atoms with E-state index in [-0.39, 0.29) is 5.56 Å². The summed E-state index contributed by atoms with van der Waals surface area (Å²) < 4.78 is 13.3. The van der Waals surface area contributed by atoms with Crippen LogP contribution in [0.25, 0.3) is 0 Å². The van der Waals surface area contributed by atoms with Crippen molar-refractivity contribution in [2.45, 2.75) is 26.3 Å². The Morgan fingerprint density at radius 1 is 1.19 bits per heavy atom. The molecule has 0 fully saturated rings. The maximum atomic E-state index is 13.3. The molecule has 0 aromatic heterocycles. The van der Waals surface area contributed by atoms with E-state index in [1.807, 2.05) is 12.1 Å². The number of benzene rings is 2. The average Bonchev–Trinajstić information content (AvgIpc) is 2.46. The van der Waals surface area contributed by atoms with Gasteiger partial charge in [-0.25, -0.2) is 9.18 Å². The van der Waals surface area contributed by atoms with Crippen LogP contribution in [0.4, 0.5) is 10.1 Å². The van der Waals surface area contributed by atoms with Crippen LogP contribution in [0.15, 0.2) is 42.5 Å². The fourth-order valence-electron chi connectivity index (χ4n) is 2.02. The smallest absolute Gasteiger partial charge is 0.338 e. The second-order valence-electron chi connectivity index (χ2n) is 5.25. The lowest BCUT2D eigenvalue weighted by molar-refractivity contribution is 0.0692. The highest BCUT2D eigenvalue weighted by molar-refractivity contribution is 5.89. The van der Waals surface area contributed by atoms with E-state index >= 15 is 0 Å². The van der Waals surface area contributed by atoms with Crippen LogP contribution in [0, 0.1) is 5.82 Å². The summed E-state index contributed by atoms with van der Waals surface area (Å²) in [4.78, 5) is 10.9. The number of hydrogen-bond donors (Lipinski definition) is 2. The van der Waals surface area contributed by atoms with Gasteiger partial charge in [0.15, 0.2) is 0 Å². The summed E-state index contributed by atoms with van der Waals surface area (Å²) in [7, 11) is 0. The summed E-state index contributed by atoms with van der Waals surface area (Å²) in [5.74, 6) is -1.51. The first-order valence-corrected chi connectivity index (χ1v) is 6.83. The largest absolute Gasteiger partial charge is 0.478 e. The second kappa shape index (κ2) is 6.39. The molecule has 0 aliphatic rings. The minimum atomic E-state index is -1.27. The summed E-state index contributed by atoms with van der Waals surface area (Å²) in [6, 6.07) is 12.2. The molecule has 110 valence electrons. The van der Waals surface area contributed by atoms with Crippen LogP contribution in [0.2, 0.25) is 0 Å². The van der Waals surface area contributed by atoms with Crippen LogP contribution in [-0.2, 0) is 6.54 Å². The maximum absolute atomic E-state index is 13.3. The molecule has 0 bridgehead atoms. The van der Waals surface area contributed by atoms with E-state index in [2.05, 4.69) is 31.3 Å². The molecule has 0 aliphatic heterocycles. The van der Waals surface area contributed by atoms with Gasteiger partial charge in [-0.1, -0.05) is 38.1 Å². The number of halogens is 1. The molecule has 3 nitrogen and oxygen atoms in total. The van der Waals surface area contributed by atoms with Crippen molar-refractivity contribution in [3.63, 3.8) is 0 Å². The first-order valence-electron chi connectivity index (χ1n) is 6.83. The summed E-state index contributed by atoms with van der Waals surface area (Å²) in [6.07, 6.45) is 0. The van der Waals surface area contributed by atoms with Crippen molar-refractivity contribution in [3.8, 4) is 0 Å². The zero-order valence-corrected chi connectivity index (χ0v) is 12.1. The van der Waals surface area contributed by atoms with Gasteiger partial charge in [0.25, 0.3) is 0 Å². The molecule has 0 aliphatic carbocycles. The highest BCUT2D eigenvalue weighted by Crippen LogP contribution is 2.17. The normalized spacial score (nSPS) is 10.7. The molecule has 4 heteroatoms. The van der Waals surface area contributed by atoms with Crippen LogP contribution in [0.5, 0.6) is 0 Å². The first kappa shape index (κ1) is 15.0. The highest BCUT2D eigenvalue weighted by atomic mass is 19.1. The Morgan fingerprint density at radius 3 is 2.43 bits per heavy atom. The highest BCUT2D eigenvalue weighted by Gasteiger charge is 2.10. The third-order valence-electron chi connectivity index (χ3n) is 3.34. The van der Waals surface area contributed by atoms with Gasteiger partial charge in [0, 0.05) is 12.2 Å². The fraction of sp³-hybridized carbons (Fsp3) is 0.235. The zero-order chi connectivity index (χ0) is 15.4. The van der Waals surface area contributed by atoms with Gasteiger partial charge in [0.1, 0.15) is 5.82 Å². The number of carboxylic acid groups (broad SMARTS) is 1. The Hall–Kier alpha value is -2.36. The topological polar surface area (TPSA) is 49.3 Å². The molecule has 0 unspecified atom stereocenters. The number of rotatable bonds is 5. The SMILES string of the molecule is CC(C)c1ccc(CNc2ccc(F)c(C(=O)O)c2)cc1. The van der Waals surface area contributed by atoms with E-state index in [4.69, 9.17) is 5.11 Å². The first-order chi connectivity index (χ1) is 9.97. The summed E-state index contributed by atoms with van der Waals surface area (Å²) >= 11 is 0. The Labute approximate surface area is 123 Å². The molecule has 2 aromatic rings. The molecular weight excluding hydrogens is 269 g/mol. The molecule has 0 heterocycles. The van der Waals surface area contributed by atoms with Crippen molar-refractivity contribution < 1.29 is 14.3 Å². The van der Waals surface area contributed by atoms with Crippen molar-refractivity contribution in [2.24, 2.45) is 0 Å². The molecule has 0 spiro atoms. The molecule has 0 saturated heterocycles. The van der Waals surface area contributed by atoms with Crippen molar-refractivity contribution in [3.05, 3.63) is 65.0 Å². The number of aromatic carboxylic acids is 1.